The molecule has 0 spiro atoms. The fourth-order valence-corrected chi connectivity index (χ4v) is 3.77. The van der Waals surface area contributed by atoms with Crippen molar-refractivity contribution >= 4 is 28.4 Å². The van der Waals surface area contributed by atoms with Crippen LogP contribution in [-0.2, 0) is 4.79 Å². The Hall–Kier alpha value is -3.15. The van der Waals surface area contributed by atoms with Crippen LogP contribution in [0.25, 0.3) is 10.9 Å². The Balaban J connectivity index is 1.52. The maximum absolute atomic E-state index is 13.4. The number of anilines is 1. The molecule has 2 amide bonds. The minimum atomic E-state index is -0.266. The molecule has 1 fully saturated rings. The number of benzene rings is 2. The molecular formula is C21H20FN3O2. The Labute approximate surface area is 156 Å². The summed E-state index contributed by atoms with van der Waals surface area (Å²) in [6.07, 6.45) is 2.78. The van der Waals surface area contributed by atoms with Gasteiger partial charge in [0.15, 0.2) is 0 Å². The zero-order chi connectivity index (χ0) is 19.0. The first kappa shape index (κ1) is 17.3. The van der Waals surface area contributed by atoms with Gasteiger partial charge in [-0.3, -0.25) is 9.59 Å². The molecule has 138 valence electrons. The summed E-state index contributed by atoms with van der Waals surface area (Å²) in [6.45, 7) is 2.72. The predicted molar refractivity (Wildman–Crippen MR) is 102 cm³/mol. The van der Waals surface area contributed by atoms with Gasteiger partial charge >= 0.3 is 0 Å². The van der Waals surface area contributed by atoms with E-state index in [1.54, 1.807) is 30.3 Å². The van der Waals surface area contributed by atoms with Gasteiger partial charge < -0.3 is 15.2 Å². The van der Waals surface area contributed by atoms with E-state index in [4.69, 9.17) is 0 Å². The highest BCUT2D eigenvalue weighted by atomic mass is 19.1. The number of likely N-dealkylation sites (tertiary alicyclic amines) is 1. The van der Waals surface area contributed by atoms with E-state index in [0.717, 1.165) is 22.9 Å². The fraction of sp³-hybridized carbons (Fsp3) is 0.238. The zero-order valence-corrected chi connectivity index (χ0v) is 15.0. The quantitative estimate of drug-likeness (QED) is 0.739. The Morgan fingerprint density at radius 3 is 2.89 bits per heavy atom. The van der Waals surface area contributed by atoms with Crippen molar-refractivity contribution in [2.75, 3.05) is 18.4 Å². The van der Waals surface area contributed by atoms with Crippen molar-refractivity contribution in [3.8, 4) is 0 Å². The monoisotopic (exact) mass is 365 g/mol. The smallest absolute Gasteiger partial charge is 0.253 e. The van der Waals surface area contributed by atoms with E-state index < -0.39 is 0 Å². The topological polar surface area (TPSA) is 65.2 Å². The molecule has 3 aromatic rings. The Morgan fingerprint density at radius 1 is 1.22 bits per heavy atom. The SMILES string of the molecule is CC(=O)Nc1cccc(C(=O)N2CCC(c3c[nH]c4cc(F)ccc34)C2)c1. The van der Waals surface area contributed by atoms with Gasteiger partial charge in [-0.15, -0.1) is 0 Å². The first-order valence-electron chi connectivity index (χ1n) is 8.95. The van der Waals surface area contributed by atoms with Crippen molar-refractivity contribution in [1.82, 2.24) is 9.88 Å². The molecule has 1 atom stereocenters. The van der Waals surface area contributed by atoms with Crippen LogP contribution in [0.4, 0.5) is 10.1 Å². The lowest BCUT2D eigenvalue weighted by molar-refractivity contribution is -0.114. The van der Waals surface area contributed by atoms with Crippen LogP contribution in [-0.4, -0.2) is 34.8 Å². The molecule has 0 aliphatic carbocycles. The lowest BCUT2D eigenvalue weighted by atomic mass is 9.98. The van der Waals surface area contributed by atoms with Crippen molar-refractivity contribution in [2.24, 2.45) is 0 Å². The number of carbonyl (C=O) groups excluding carboxylic acids is 2. The minimum Gasteiger partial charge on any atom is -0.361 e. The fourth-order valence-electron chi connectivity index (χ4n) is 3.77. The number of H-pyrrole nitrogens is 1. The number of rotatable bonds is 3. The Bertz CT molecular complexity index is 1030. The molecule has 0 bridgehead atoms. The highest BCUT2D eigenvalue weighted by Gasteiger charge is 2.29. The van der Waals surface area contributed by atoms with Crippen LogP contribution in [0, 0.1) is 5.82 Å². The molecule has 4 rings (SSSR count). The summed E-state index contributed by atoms with van der Waals surface area (Å²) in [4.78, 5) is 29.0. The molecule has 5 nitrogen and oxygen atoms in total. The summed E-state index contributed by atoms with van der Waals surface area (Å²) in [5.74, 6) is -0.267. The molecule has 0 saturated carbocycles. The third-order valence-electron chi connectivity index (χ3n) is 5.02. The van der Waals surface area contributed by atoms with E-state index in [1.165, 1.54) is 19.1 Å². The number of hydrogen-bond donors (Lipinski definition) is 2. The van der Waals surface area contributed by atoms with Gasteiger partial charge in [-0.25, -0.2) is 4.39 Å². The number of aromatic amines is 1. The van der Waals surface area contributed by atoms with Crippen molar-refractivity contribution in [3.05, 3.63) is 65.6 Å². The molecular weight excluding hydrogens is 345 g/mol. The number of fused-ring (bicyclic) bond motifs is 1. The van der Waals surface area contributed by atoms with Crippen LogP contribution in [0.2, 0.25) is 0 Å². The van der Waals surface area contributed by atoms with Gasteiger partial charge in [-0.1, -0.05) is 6.07 Å². The molecule has 1 aliphatic heterocycles. The van der Waals surface area contributed by atoms with Crippen LogP contribution in [0.1, 0.15) is 35.2 Å². The van der Waals surface area contributed by atoms with Crippen molar-refractivity contribution in [2.45, 2.75) is 19.3 Å². The summed E-state index contributed by atoms with van der Waals surface area (Å²) in [5, 5.41) is 3.71. The van der Waals surface area contributed by atoms with Gasteiger partial charge in [0.2, 0.25) is 5.91 Å². The van der Waals surface area contributed by atoms with Crippen LogP contribution in [0.3, 0.4) is 0 Å². The first-order chi connectivity index (χ1) is 13.0. The molecule has 1 saturated heterocycles. The summed E-state index contributed by atoms with van der Waals surface area (Å²) < 4.78 is 13.4. The van der Waals surface area contributed by atoms with Gasteiger partial charge in [0.1, 0.15) is 5.82 Å². The summed E-state index contributed by atoms with van der Waals surface area (Å²) in [7, 11) is 0. The number of nitrogens with zero attached hydrogens (tertiary/aromatic N) is 1. The number of halogens is 1. The molecule has 1 unspecified atom stereocenters. The van der Waals surface area contributed by atoms with Gasteiger partial charge in [0.05, 0.1) is 0 Å². The number of hydrogen-bond acceptors (Lipinski definition) is 2. The predicted octanol–water partition coefficient (Wildman–Crippen LogP) is 3.90. The van der Waals surface area contributed by atoms with E-state index in [9.17, 15) is 14.0 Å². The summed E-state index contributed by atoms with van der Waals surface area (Å²) in [5.41, 5.74) is 3.07. The maximum atomic E-state index is 13.4. The molecule has 2 aromatic carbocycles. The van der Waals surface area contributed by atoms with Gasteiger partial charge in [0, 0.05) is 54.3 Å². The molecule has 1 aliphatic rings. The lowest BCUT2D eigenvalue weighted by Gasteiger charge is -2.17. The first-order valence-corrected chi connectivity index (χ1v) is 8.95. The molecule has 2 heterocycles. The normalized spacial score (nSPS) is 16.7. The number of amides is 2. The van der Waals surface area contributed by atoms with Crippen molar-refractivity contribution in [1.29, 1.82) is 0 Å². The third kappa shape index (κ3) is 3.43. The van der Waals surface area contributed by atoms with Crippen molar-refractivity contribution in [3.63, 3.8) is 0 Å². The van der Waals surface area contributed by atoms with Crippen LogP contribution in [0.5, 0.6) is 0 Å². The second-order valence-electron chi connectivity index (χ2n) is 6.93. The van der Waals surface area contributed by atoms with Gasteiger partial charge in [0.25, 0.3) is 5.91 Å². The highest BCUT2D eigenvalue weighted by molar-refractivity contribution is 5.97. The summed E-state index contributed by atoms with van der Waals surface area (Å²) in [6, 6.07) is 11.7. The average molecular weight is 365 g/mol. The van der Waals surface area contributed by atoms with E-state index in [1.807, 2.05) is 11.1 Å². The molecule has 6 heteroatoms. The Morgan fingerprint density at radius 2 is 2.07 bits per heavy atom. The van der Waals surface area contributed by atoms with Crippen LogP contribution in [0.15, 0.2) is 48.7 Å². The second kappa shape index (κ2) is 6.87. The lowest BCUT2D eigenvalue weighted by Crippen LogP contribution is -2.28. The molecule has 0 radical (unpaired) electrons. The molecule has 27 heavy (non-hydrogen) atoms. The van der Waals surface area contributed by atoms with E-state index >= 15 is 0 Å². The molecule has 2 N–H and O–H groups in total. The van der Waals surface area contributed by atoms with E-state index in [2.05, 4.69) is 10.3 Å². The van der Waals surface area contributed by atoms with Gasteiger partial charge in [-0.05, 0) is 48.4 Å². The van der Waals surface area contributed by atoms with Crippen molar-refractivity contribution < 1.29 is 14.0 Å². The van der Waals surface area contributed by atoms with Crippen LogP contribution < -0.4 is 5.32 Å². The molecule has 1 aromatic heterocycles. The number of nitrogens with one attached hydrogen (secondary N) is 2. The van der Waals surface area contributed by atoms with Crippen LogP contribution >= 0.6 is 0 Å². The number of aromatic nitrogens is 1. The highest BCUT2D eigenvalue weighted by Crippen LogP contribution is 2.33. The summed E-state index contributed by atoms with van der Waals surface area (Å²) >= 11 is 0. The van der Waals surface area contributed by atoms with E-state index in [-0.39, 0.29) is 23.5 Å². The number of carbonyl (C=O) groups is 2. The minimum absolute atomic E-state index is 0.0458. The van der Waals surface area contributed by atoms with E-state index in [0.29, 0.717) is 24.3 Å². The third-order valence-corrected chi connectivity index (χ3v) is 5.02. The largest absolute Gasteiger partial charge is 0.361 e. The van der Waals surface area contributed by atoms with Gasteiger partial charge in [-0.2, -0.15) is 0 Å². The standard InChI is InChI=1S/C21H20FN3O2/c1-13(26)24-17-4-2-3-14(9-17)21(27)25-8-7-15(12-25)19-11-23-20-10-16(22)5-6-18(19)20/h2-6,9-11,15,23H,7-8,12H2,1H3,(H,24,26). The second-order valence-corrected chi connectivity index (χ2v) is 6.93. The maximum Gasteiger partial charge on any atom is 0.253 e. The Kier molecular flexibility index (Phi) is 4.39. The average Bonchev–Trinajstić information content (AvgIpc) is 3.27. The zero-order valence-electron chi connectivity index (χ0n) is 15.0.